The third-order valence-electron chi connectivity index (χ3n) is 4.76. The van der Waals surface area contributed by atoms with Crippen molar-refractivity contribution in [2.75, 3.05) is 5.01 Å². The molecule has 1 aliphatic heterocycles. The Morgan fingerprint density at radius 3 is 2.50 bits per heavy atom. The molecule has 0 unspecified atom stereocenters. The Morgan fingerprint density at radius 1 is 1.00 bits per heavy atom. The summed E-state index contributed by atoms with van der Waals surface area (Å²) < 4.78 is 5.93. The van der Waals surface area contributed by atoms with Crippen LogP contribution in [0, 0.1) is 6.92 Å². The number of rotatable bonds is 5. The maximum atomic E-state index is 12.9. The van der Waals surface area contributed by atoms with E-state index in [1.807, 2.05) is 55.5 Å². The molecule has 0 radical (unpaired) electrons. The smallest absolute Gasteiger partial charge is 0.282 e. The Labute approximate surface area is 179 Å². The van der Waals surface area contributed by atoms with Gasteiger partial charge in [0.15, 0.2) is 0 Å². The highest BCUT2D eigenvalue weighted by Gasteiger charge is 2.34. The van der Waals surface area contributed by atoms with E-state index < -0.39 is 11.8 Å². The number of anilines is 1. The van der Waals surface area contributed by atoms with Gasteiger partial charge in [-0.25, -0.2) is 5.01 Å². The quantitative estimate of drug-likeness (QED) is 0.483. The standard InChI is InChI=1S/C24H19ClN2O3/c1-16-11-12-19(14-21(16)25)27-24(29)20(23(28)26-27)13-18-9-5-6-10-22(18)30-15-17-7-3-2-4-8-17/h2-14H,15H2,1H3,(H,26,28). The lowest BCUT2D eigenvalue weighted by Gasteiger charge is -2.15. The summed E-state index contributed by atoms with van der Waals surface area (Å²) in [7, 11) is 0. The van der Waals surface area contributed by atoms with Gasteiger partial charge in [0.05, 0.1) is 5.69 Å². The molecule has 0 aromatic heterocycles. The molecule has 3 aromatic carbocycles. The highest BCUT2D eigenvalue weighted by molar-refractivity contribution is 6.33. The largest absolute Gasteiger partial charge is 0.488 e. The van der Waals surface area contributed by atoms with Crippen LogP contribution in [0.4, 0.5) is 5.69 Å². The molecule has 1 heterocycles. The maximum absolute atomic E-state index is 12.9. The summed E-state index contributed by atoms with van der Waals surface area (Å²) in [6.07, 6.45) is 1.55. The van der Waals surface area contributed by atoms with Crippen LogP contribution in [-0.4, -0.2) is 11.8 Å². The van der Waals surface area contributed by atoms with Crippen LogP contribution in [0.15, 0.2) is 78.4 Å². The molecule has 150 valence electrons. The van der Waals surface area contributed by atoms with Crippen LogP contribution in [0.3, 0.4) is 0 Å². The van der Waals surface area contributed by atoms with E-state index in [9.17, 15) is 9.59 Å². The van der Waals surface area contributed by atoms with E-state index in [1.54, 1.807) is 30.3 Å². The number of nitrogens with zero attached hydrogens (tertiary/aromatic N) is 1. The lowest BCUT2D eigenvalue weighted by atomic mass is 10.1. The highest BCUT2D eigenvalue weighted by atomic mass is 35.5. The average molecular weight is 419 g/mol. The van der Waals surface area contributed by atoms with Gasteiger partial charge in [-0.3, -0.25) is 15.0 Å². The van der Waals surface area contributed by atoms with Gasteiger partial charge in [0.1, 0.15) is 17.9 Å². The third-order valence-corrected chi connectivity index (χ3v) is 5.17. The maximum Gasteiger partial charge on any atom is 0.282 e. The minimum absolute atomic E-state index is 0.0301. The molecule has 0 aliphatic carbocycles. The highest BCUT2D eigenvalue weighted by Crippen LogP contribution is 2.28. The number of ether oxygens (including phenoxy) is 1. The Hall–Kier alpha value is -3.57. The number of hydrazine groups is 1. The van der Waals surface area contributed by atoms with Gasteiger partial charge in [0.25, 0.3) is 11.8 Å². The van der Waals surface area contributed by atoms with E-state index in [2.05, 4.69) is 5.43 Å². The fraction of sp³-hybridized carbons (Fsp3) is 0.0833. The molecular weight excluding hydrogens is 400 g/mol. The first-order valence-corrected chi connectivity index (χ1v) is 9.80. The minimum atomic E-state index is -0.477. The minimum Gasteiger partial charge on any atom is -0.488 e. The molecule has 3 aromatic rings. The lowest BCUT2D eigenvalue weighted by Crippen LogP contribution is -2.35. The molecule has 4 rings (SSSR count). The Bertz CT molecular complexity index is 1140. The van der Waals surface area contributed by atoms with Gasteiger partial charge in [-0.2, -0.15) is 0 Å². The number of halogens is 1. The first-order valence-electron chi connectivity index (χ1n) is 9.42. The normalized spacial score (nSPS) is 14.9. The third kappa shape index (κ3) is 4.07. The summed E-state index contributed by atoms with van der Waals surface area (Å²) in [6, 6.07) is 22.2. The first kappa shape index (κ1) is 19.7. The summed E-state index contributed by atoms with van der Waals surface area (Å²) in [5.41, 5.74) is 5.68. The topological polar surface area (TPSA) is 58.6 Å². The lowest BCUT2D eigenvalue weighted by molar-refractivity contribution is -0.117. The number of carbonyl (C=O) groups excluding carboxylic acids is 2. The summed E-state index contributed by atoms with van der Waals surface area (Å²) in [5.74, 6) is -0.335. The molecule has 30 heavy (non-hydrogen) atoms. The van der Waals surface area contributed by atoms with E-state index in [0.717, 1.165) is 11.1 Å². The molecule has 0 atom stereocenters. The van der Waals surface area contributed by atoms with Crippen molar-refractivity contribution in [3.8, 4) is 5.75 Å². The summed E-state index contributed by atoms with van der Waals surface area (Å²) in [6.45, 7) is 2.25. The van der Waals surface area contributed by atoms with Crippen molar-refractivity contribution in [3.05, 3.63) is 100 Å². The second-order valence-electron chi connectivity index (χ2n) is 6.89. The van der Waals surface area contributed by atoms with E-state index in [-0.39, 0.29) is 5.57 Å². The van der Waals surface area contributed by atoms with Crippen LogP contribution >= 0.6 is 11.6 Å². The fourth-order valence-corrected chi connectivity index (χ4v) is 3.26. The summed E-state index contributed by atoms with van der Waals surface area (Å²) in [5, 5.41) is 1.72. The van der Waals surface area contributed by atoms with E-state index >= 15 is 0 Å². The van der Waals surface area contributed by atoms with Crippen LogP contribution in [0.5, 0.6) is 5.75 Å². The summed E-state index contributed by atoms with van der Waals surface area (Å²) >= 11 is 6.17. The Morgan fingerprint density at radius 2 is 1.73 bits per heavy atom. The van der Waals surface area contributed by atoms with Gasteiger partial charge in [-0.05, 0) is 42.3 Å². The average Bonchev–Trinajstić information content (AvgIpc) is 3.04. The van der Waals surface area contributed by atoms with Gasteiger partial charge in [-0.15, -0.1) is 0 Å². The van der Waals surface area contributed by atoms with Gasteiger partial charge >= 0.3 is 0 Å². The number of hydrogen-bond donors (Lipinski definition) is 1. The molecule has 1 N–H and O–H groups in total. The first-order chi connectivity index (χ1) is 14.5. The predicted molar refractivity (Wildman–Crippen MR) is 117 cm³/mol. The number of amides is 2. The predicted octanol–water partition coefficient (Wildman–Crippen LogP) is 4.69. The van der Waals surface area contributed by atoms with Crippen LogP contribution in [0.2, 0.25) is 5.02 Å². The van der Waals surface area contributed by atoms with Crippen molar-refractivity contribution in [3.63, 3.8) is 0 Å². The Kier molecular flexibility index (Phi) is 5.55. The van der Waals surface area contributed by atoms with Crippen molar-refractivity contribution in [2.24, 2.45) is 0 Å². The SMILES string of the molecule is Cc1ccc(N2NC(=O)C(=Cc3ccccc3OCc3ccccc3)C2=O)cc1Cl. The molecule has 1 saturated heterocycles. The second-order valence-corrected chi connectivity index (χ2v) is 7.29. The molecule has 6 heteroatoms. The van der Waals surface area contributed by atoms with E-state index in [0.29, 0.717) is 28.6 Å². The number of aryl methyl sites for hydroxylation is 1. The van der Waals surface area contributed by atoms with Crippen molar-refractivity contribution in [2.45, 2.75) is 13.5 Å². The van der Waals surface area contributed by atoms with Gasteiger partial charge in [-0.1, -0.05) is 66.2 Å². The van der Waals surface area contributed by atoms with Crippen molar-refractivity contribution in [1.29, 1.82) is 0 Å². The van der Waals surface area contributed by atoms with Gasteiger partial charge in [0.2, 0.25) is 0 Å². The molecule has 2 amide bonds. The van der Waals surface area contributed by atoms with Crippen molar-refractivity contribution < 1.29 is 14.3 Å². The summed E-state index contributed by atoms with van der Waals surface area (Å²) in [4.78, 5) is 25.4. The van der Waals surface area contributed by atoms with Crippen LogP contribution in [0.1, 0.15) is 16.7 Å². The molecule has 0 spiro atoms. The Balaban J connectivity index is 1.59. The van der Waals surface area contributed by atoms with Crippen molar-refractivity contribution in [1.82, 2.24) is 5.43 Å². The molecule has 1 fully saturated rings. The van der Waals surface area contributed by atoms with Gasteiger partial charge in [0, 0.05) is 10.6 Å². The van der Waals surface area contributed by atoms with Crippen LogP contribution < -0.4 is 15.2 Å². The van der Waals surface area contributed by atoms with E-state index in [1.165, 1.54) is 5.01 Å². The van der Waals surface area contributed by atoms with Crippen molar-refractivity contribution >= 4 is 35.2 Å². The van der Waals surface area contributed by atoms with Crippen LogP contribution in [-0.2, 0) is 16.2 Å². The number of benzene rings is 3. The molecular formula is C24H19ClN2O3. The molecule has 5 nitrogen and oxygen atoms in total. The number of nitrogens with one attached hydrogen (secondary N) is 1. The fourth-order valence-electron chi connectivity index (χ4n) is 3.08. The number of para-hydroxylation sites is 1. The molecule has 0 saturated carbocycles. The number of carbonyl (C=O) groups is 2. The number of hydrogen-bond acceptors (Lipinski definition) is 3. The second kappa shape index (κ2) is 8.43. The van der Waals surface area contributed by atoms with Crippen LogP contribution in [0.25, 0.3) is 6.08 Å². The monoisotopic (exact) mass is 418 g/mol. The zero-order chi connectivity index (χ0) is 21.1. The molecule has 0 bridgehead atoms. The van der Waals surface area contributed by atoms with Gasteiger partial charge < -0.3 is 4.74 Å². The molecule has 1 aliphatic rings. The zero-order valence-corrected chi connectivity index (χ0v) is 17.0. The zero-order valence-electron chi connectivity index (χ0n) is 16.3. The van der Waals surface area contributed by atoms with E-state index in [4.69, 9.17) is 16.3 Å².